The Morgan fingerprint density at radius 3 is 2.63 bits per heavy atom. The molecule has 5 nitrogen and oxygen atoms in total. The molecule has 4 N–H and O–H groups in total. The van der Waals surface area contributed by atoms with Crippen molar-refractivity contribution in [2.45, 2.75) is 24.9 Å². The summed E-state index contributed by atoms with van der Waals surface area (Å²) in [4.78, 5) is 2.35. The van der Waals surface area contributed by atoms with E-state index in [1.54, 1.807) is 0 Å². The molecule has 3 rings (SSSR count). The largest absolute Gasteiger partial charge is 0.454 e. The first kappa shape index (κ1) is 12.7. The fraction of sp³-hybridized carbons (Fsp3) is 0.571. The van der Waals surface area contributed by atoms with Gasteiger partial charge < -0.3 is 20.9 Å². The third kappa shape index (κ3) is 3.00. The van der Waals surface area contributed by atoms with Crippen LogP contribution >= 0.6 is 0 Å². The second kappa shape index (κ2) is 5.36. The van der Waals surface area contributed by atoms with E-state index in [9.17, 15) is 0 Å². The van der Waals surface area contributed by atoms with Crippen LogP contribution in [0.25, 0.3) is 0 Å². The Kier molecular flexibility index (Phi) is 3.59. The topological polar surface area (TPSA) is 73.7 Å². The number of likely N-dealkylation sites (tertiary alicyclic amines) is 1. The molecule has 0 amide bonds. The average molecular weight is 263 g/mol. The lowest BCUT2D eigenvalue weighted by molar-refractivity contribution is 0.174. The van der Waals surface area contributed by atoms with Crippen molar-refractivity contribution < 1.29 is 9.47 Å². The van der Waals surface area contributed by atoms with Gasteiger partial charge in [-0.2, -0.15) is 0 Å². The minimum absolute atomic E-state index is 0.209. The van der Waals surface area contributed by atoms with Crippen molar-refractivity contribution >= 4 is 0 Å². The summed E-state index contributed by atoms with van der Waals surface area (Å²) in [6, 6.07) is 6.55. The van der Waals surface area contributed by atoms with E-state index in [0.29, 0.717) is 6.79 Å². The quantitative estimate of drug-likeness (QED) is 0.821. The molecule has 19 heavy (non-hydrogen) atoms. The Balaban J connectivity index is 1.57. The minimum atomic E-state index is 0.209. The summed E-state index contributed by atoms with van der Waals surface area (Å²) in [5, 5.41) is 0. The van der Waals surface area contributed by atoms with Crippen LogP contribution in [0.5, 0.6) is 11.5 Å². The van der Waals surface area contributed by atoms with Crippen LogP contribution < -0.4 is 20.9 Å². The summed E-state index contributed by atoms with van der Waals surface area (Å²) >= 11 is 0. The van der Waals surface area contributed by atoms with E-state index in [2.05, 4.69) is 17.0 Å². The predicted octanol–water partition coefficient (Wildman–Crippen LogP) is 0.318. The van der Waals surface area contributed by atoms with E-state index in [-0.39, 0.29) is 12.1 Å². The zero-order chi connectivity index (χ0) is 13.2. The first-order chi connectivity index (χ1) is 9.20. The Morgan fingerprint density at radius 2 is 1.84 bits per heavy atom. The minimum Gasteiger partial charge on any atom is -0.454 e. The number of hydrogen-bond donors (Lipinski definition) is 2. The molecule has 1 fully saturated rings. The van der Waals surface area contributed by atoms with Crippen molar-refractivity contribution in [1.82, 2.24) is 4.90 Å². The summed E-state index contributed by atoms with van der Waals surface area (Å²) in [7, 11) is 0. The number of piperidine rings is 1. The second-order valence-electron chi connectivity index (χ2n) is 5.45. The maximum atomic E-state index is 6.00. The maximum Gasteiger partial charge on any atom is 0.231 e. The fourth-order valence-corrected chi connectivity index (χ4v) is 2.84. The molecule has 1 saturated heterocycles. The third-order valence-corrected chi connectivity index (χ3v) is 3.74. The number of rotatable bonds is 3. The highest BCUT2D eigenvalue weighted by Crippen LogP contribution is 2.32. The monoisotopic (exact) mass is 263 g/mol. The van der Waals surface area contributed by atoms with Crippen molar-refractivity contribution in [2.75, 3.05) is 26.4 Å². The van der Waals surface area contributed by atoms with E-state index in [1.807, 2.05) is 6.07 Å². The summed E-state index contributed by atoms with van der Waals surface area (Å²) in [5.74, 6) is 1.69. The molecule has 2 aliphatic rings. The van der Waals surface area contributed by atoms with Gasteiger partial charge in [0.15, 0.2) is 11.5 Å². The van der Waals surface area contributed by atoms with Gasteiger partial charge in [-0.25, -0.2) is 0 Å². The Morgan fingerprint density at radius 1 is 1.11 bits per heavy atom. The zero-order valence-corrected chi connectivity index (χ0v) is 11.0. The number of ether oxygens (including phenoxy) is 2. The molecule has 2 atom stereocenters. The smallest absolute Gasteiger partial charge is 0.231 e. The number of hydrogen-bond acceptors (Lipinski definition) is 5. The number of fused-ring (bicyclic) bond motifs is 1. The molecule has 0 spiro atoms. The highest BCUT2D eigenvalue weighted by Gasteiger charge is 2.22. The third-order valence-electron chi connectivity index (χ3n) is 3.74. The molecule has 1 aromatic rings. The molecule has 2 unspecified atom stereocenters. The molecule has 5 heteroatoms. The SMILES string of the molecule is NC1CC(N)CN(CCc2ccc3c(c2)OCO3)C1. The van der Waals surface area contributed by atoms with Gasteiger partial charge in [-0.1, -0.05) is 6.07 Å². The summed E-state index contributed by atoms with van der Waals surface area (Å²) in [5.41, 5.74) is 13.3. The standard InChI is InChI=1S/C14H21N3O2/c15-11-6-12(16)8-17(7-11)4-3-10-1-2-13-14(5-10)19-9-18-13/h1-2,5,11-12H,3-4,6-9,15-16H2. The van der Waals surface area contributed by atoms with Crippen LogP contribution in [-0.4, -0.2) is 43.4 Å². The molecular weight excluding hydrogens is 242 g/mol. The molecule has 0 aromatic heterocycles. The Bertz CT molecular complexity index is 442. The Hall–Kier alpha value is -1.30. The second-order valence-corrected chi connectivity index (χ2v) is 5.45. The van der Waals surface area contributed by atoms with Crippen molar-refractivity contribution in [3.05, 3.63) is 23.8 Å². The lowest BCUT2D eigenvalue weighted by Crippen LogP contribution is -2.52. The molecule has 0 radical (unpaired) electrons. The highest BCUT2D eigenvalue weighted by molar-refractivity contribution is 5.44. The summed E-state index contributed by atoms with van der Waals surface area (Å²) in [6.07, 6.45) is 1.91. The molecular formula is C14H21N3O2. The van der Waals surface area contributed by atoms with Crippen LogP contribution in [0.15, 0.2) is 18.2 Å². The van der Waals surface area contributed by atoms with Gasteiger partial charge in [0.1, 0.15) is 0 Å². The van der Waals surface area contributed by atoms with Crippen LogP contribution in [0.3, 0.4) is 0 Å². The van der Waals surface area contributed by atoms with Gasteiger partial charge in [0.2, 0.25) is 6.79 Å². The van der Waals surface area contributed by atoms with E-state index in [4.69, 9.17) is 20.9 Å². The van der Waals surface area contributed by atoms with Crippen LogP contribution in [0.1, 0.15) is 12.0 Å². The molecule has 0 aliphatic carbocycles. The number of nitrogens with two attached hydrogens (primary N) is 2. The fourth-order valence-electron chi connectivity index (χ4n) is 2.84. The lowest BCUT2D eigenvalue weighted by atomic mass is 10.0. The van der Waals surface area contributed by atoms with E-state index in [0.717, 1.165) is 44.0 Å². The van der Waals surface area contributed by atoms with Crippen LogP contribution in [0.2, 0.25) is 0 Å². The van der Waals surface area contributed by atoms with E-state index in [1.165, 1.54) is 5.56 Å². The van der Waals surface area contributed by atoms with E-state index < -0.39 is 0 Å². The summed E-state index contributed by atoms with van der Waals surface area (Å²) in [6.45, 7) is 3.20. The molecule has 104 valence electrons. The van der Waals surface area contributed by atoms with Crippen LogP contribution in [0, 0.1) is 0 Å². The van der Waals surface area contributed by atoms with Gasteiger partial charge in [0.05, 0.1) is 0 Å². The van der Waals surface area contributed by atoms with Crippen molar-refractivity contribution in [1.29, 1.82) is 0 Å². The highest BCUT2D eigenvalue weighted by atomic mass is 16.7. The van der Waals surface area contributed by atoms with Crippen LogP contribution in [-0.2, 0) is 6.42 Å². The van der Waals surface area contributed by atoms with Gasteiger partial charge in [0.25, 0.3) is 0 Å². The van der Waals surface area contributed by atoms with Crippen molar-refractivity contribution in [3.63, 3.8) is 0 Å². The van der Waals surface area contributed by atoms with Gasteiger partial charge in [0, 0.05) is 31.7 Å². The van der Waals surface area contributed by atoms with Crippen molar-refractivity contribution in [3.8, 4) is 11.5 Å². The van der Waals surface area contributed by atoms with Gasteiger partial charge in [-0.3, -0.25) is 4.90 Å². The average Bonchev–Trinajstić information content (AvgIpc) is 2.82. The van der Waals surface area contributed by atoms with Gasteiger partial charge in [-0.05, 0) is 30.5 Å². The zero-order valence-electron chi connectivity index (χ0n) is 11.0. The first-order valence-corrected chi connectivity index (χ1v) is 6.83. The maximum absolute atomic E-state index is 6.00. The molecule has 1 aromatic carbocycles. The number of nitrogens with zero attached hydrogens (tertiary/aromatic N) is 1. The van der Waals surface area contributed by atoms with Crippen LogP contribution in [0.4, 0.5) is 0 Å². The van der Waals surface area contributed by atoms with Gasteiger partial charge >= 0.3 is 0 Å². The van der Waals surface area contributed by atoms with Gasteiger partial charge in [-0.15, -0.1) is 0 Å². The molecule has 2 heterocycles. The normalized spacial score (nSPS) is 26.6. The predicted molar refractivity (Wildman–Crippen MR) is 73.3 cm³/mol. The number of benzene rings is 1. The molecule has 2 aliphatic heterocycles. The molecule has 0 saturated carbocycles. The van der Waals surface area contributed by atoms with Crippen molar-refractivity contribution in [2.24, 2.45) is 11.5 Å². The lowest BCUT2D eigenvalue weighted by Gasteiger charge is -2.34. The summed E-state index contributed by atoms with van der Waals surface area (Å²) < 4.78 is 10.7. The first-order valence-electron chi connectivity index (χ1n) is 6.83. The van der Waals surface area contributed by atoms with E-state index >= 15 is 0 Å². The molecule has 0 bridgehead atoms. The Labute approximate surface area is 113 Å².